The summed E-state index contributed by atoms with van der Waals surface area (Å²) in [5.41, 5.74) is 0.135. The minimum atomic E-state index is -1.06. The van der Waals surface area contributed by atoms with Crippen molar-refractivity contribution < 1.29 is 23.6 Å². The third kappa shape index (κ3) is 2.10. The molecule has 1 saturated heterocycles. The molecule has 1 N–H and O–H groups in total. The number of nitrogens with one attached hydrogen (secondary N) is 1. The lowest BCUT2D eigenvalue weighted by Crippen LogP contribution is -2.58. The van der Waals surface area contributed by atoms with E-state index in [1.54, 1.807) is 0 Å². The number of halogens is 1. The first-order valence-electron chi connectivity index (χ1n) is 6.46. The molecule has 7 heteroatoms. The van der Waals surface area contributed by atoms with E-state index in [9.17, 15) is 23.6 Å². The molecule has 0 bridgehead atoms. The van der Waals surface area contributed by atoms with Crippen molar-refractivity contribution in [3.05, 3.63) is 35.1 Å². The molecule has 6 nitrogen and oxygen atoms in total. The largest absolute Gasteiger partial charge is 0.295 e. The molecule has 2 heterocycles. The molecule has 1 unspecified atom stereocenters. The molecule has 1 fully saturated rings. The number of carbonyl (C=O) groups excluding carboxylic acids is 4. The highest BCUT2D eigenvalue weighted by Crippen LogP contribution is 2.26. The van der Waals surface area contributed by atoms with Crippen LogP contribution in [-0.2, 0) is 20.8 Å². The fraction of sp³-hybridized carbons (Fsp3) is 0.286. The Morgan fingerprint density at radius 1 is 1.19 bits per heavy atom. The van der Waals surface area contributed by atoms with Gasteiger partial charge < -0.3 is 0 Å². The number of imide groups is 2. The molecule has 1 atom stereocenters. The van der Waals surface area contributed by atoms with E-state index in [1.807, 2.05) is 0 Å². The second-order valence-electron chi connectivity index (χ2n) is 4.99. The first kappa shape index (κ1) is 13.4. The zero-order valence-corrected chi connectivity index (χ0v) is 10.9. The number of rotatable bonds is 1. The van der Waals surface area contributed by atoms with Gasteiger partial charge in [-0.25, -0.2) is 4.39 Å². The normalized spacial score (nSPS) is 22.1. The van der Waals surface area contributed by atoms with Crippen molar-refractivity contribution in [2.75, 3.05) is 0 Å². The molecule has 1 aromatic carbocycles. The Balaban J connectivity index is 1.99. The van der Waals surface area contributed by atoms with Gasteiger partial charge in [-0.05, 0) is 18.1 Å². The van der Waals surface area contributed by atoms with Crippen molar-refractivity contribution >= 4 is 23.6 Å². The molecule has 2 aliphatic rings. The summed E-state index contributed by atoms with van der Waals surface area (Å²) in [6.07, 6.45) is -0.0416. The van der Waals surface area contributed by atoms with Crippen LogP contribution >= 0.6 is 0 Å². The molecule has 108 valence electrons. The lowest BCUT2D eigenvalue weighted by atomic mass is 9.94. The maximum absolute atomic E-state index is 13.8. The molecule has 1 aromatic rings. The maximum atomic E-state index is 13.8. The monoisotopic (exact) mass is 290 g/mol. The molecule has 0 radical (unpaired) electrons. The predicted octanol–water partition coefficient (Wildman–Crippen LogP) is 0.156. The second kappa shape index (κ2) is 4.76. The van der Waals surface area contributed by atoms with Crippen LogP contribution in [-0.4, -0.2) is 34.6 Å². The van der Waals surface area contributed by atoms with Crippen LogP contribution in [0.4, 0.5) is 4.39 Å². The third-order valence-corrected chi connectivity index (χ3v) is 3.66. The summed E-state index contributed by atoms with van der Waals surface area (Å²) in [6, 6.07) is 3.01. The second-order valence-corrected chi connectivity index (χ2v) is 4.99. The summed E-state index contributed by atoms with van der Waals surface area (Å²) in [6.45, 7) is 0. The fourth-order valence-electron chi connectivity index (χ4n) is 2.68. The number of hydrogen-bond acceptors (Lipinski definition) is 4. The van der Waals surface area contributed by atoms with Gasteiger partial charge in [0.1, 0.15) is 11.9 Å². The molecular formula is C14H11FN2O4. The van der Waals surface area contributed by atoms with E-state index in [-0.39, 0.29) is 24.8 Å². The van der Waals surface area contributed by atoms with Crippen molar-refractivity contribution in [1.29, 1.82) is 0 Å². The van der Waals surface area contributed by atoms with Gasteiger partial charge >= 0.3 is 0 Å². The summed E-state index contributed by atoms with van der Waals surface area (Å²) in [5, 5.41) is 2.09. The summed E-state index contributed by atoms with van der Waals surface area (Å²) in [4.78, 5) is 48.2. The van der Waals surface area contributed by atoms with Gasteiger partial charge in [0.15, 0.2) is 0 Å². The SMILES string of the molecule is O=C1CCC(N2C(=O)Cc3cccc(F)c3C2=O)C(=O)N1. The first-order chi connectivity index (χ1) is 9.99. The van der Waals surface area contributed by atoms with Gasteiger partial charge in [0.25, 0.3) is 5.91 Å². The van der Waals surface area contributed by atoms with Crippen LogP contribution in [0.25, 0.3) is 0 Å². The summed E-state index contributed by atoms with van der Waals surface area (Å²) in [7, 11) is 0. The number of amides is 4. The van der Waals surface area contributed by atoms with Crippen LogP contribution in [0.2, 0.25) is 0 Å². The van der Waals surface area contributed by atoms with Gasteiger partial charge in [-0.2, -0.15) is 0 Å². The van der Waals surface area contributed by atoms with Gasteiger partial charge in [-0.15, -0.1) is 0 Å². The van der Waals surface area contributed by atoms with E-state index in [4.69, 9.17) is 0 Å². The molecule has 4 amide bonds. The van der Waals surface area contributed by atoms with E-state index in [0.717, 1.165) is 11.0 Å². The standard InChI is InChI=1S/C14H11FN2O4/c15-8-3-1-2-7-6-11(19)17(14(21)12(7)8)9-4-5-10(18)16-13(9)20/h1-3,9H,4-6H2,(H,16,18,20). The highest BCUT2D eigenvalue weighted by Gasteiger charge is 2.42. The maximum Gasteiger partial charge on any atom is 0.264 e. The number of nitrogens with zero attached hydrogens (tertiary/aromatic N) is 1. The summed E-state index contributed by atoms with van der Waals surface area (Å²) >= 11 is 0. The quantitative estimate of drug-likeness (QED) is 0.747. The average Bonchev–Trinajstić information content (AvgIpc) is 2.40. The lowest BCUT2D eigenvalue weighted by molar-refractivity contribution is -0.143. The highest BCUT2D eigenvalue weighted by molar-refractivity contribution is 6.13. The Labute approximate surface area is 118 Å². The van der Waals surface area contributed by atoms with Crippen LogP contribution in [0.15, 0.2) is 18.2 Å². The Hall–Kier alpha value is -2.57. The number of hydrogen-bond donors (Lipinski definition) is 1. The van der Waals surface area contributed by atoms with Crippen LogP contribution in [0.1, 0.15) is 28.8 Å². The minimum absolute atomic E-state index is 0.0393. The van der Waals surface area contributed by atoms with Crippen LogP contribution in [0, 0.1) is 5.82 Å². The summed E-state index contributed by atoms with van der Waals surface area (Å²) < 4.78 is 13.8. The Kier molecular flexibility index (Phi) is 3.04. The van der Waals surface area contributed by atoms with Crippen LogP contribution < -0.4 is 5.32 Å². The molecule has 21 heavy (non-hydrogen) atoms. The van der Waals surface area contributed by atoms with E-state index < -0.39 is 35.5 Å². The van der Waals surface area contributed by atoms with Crippen molar-refractivity contribution in [2.45, 2.75) is 25.3 Å². The average molecular weight is 290 g/mol. The van der Waals surface area contributed by atoms with Crippen molar-refractivity contribution in [2.24, 2.45) is 0 Å². The molecule has 3 rings (SSSR count). The Morgan fingerprint density at radius 2 is 1.95 bits per heavy atom. The molecular weight excluding hydrogens is 279 g/mol. The molecule has 2 aliphatic heterocycles. The van der Waals surface area contributed by atoms with Gasteiger partial charge in [0.2, 0.25) is 17.7 Å². The van der Waals surface area contributed by atoms with Crippen molar-refractivity contribution in [3.63, 3.8) is 0 Å². The number of fused-ring (bicyclic) bond motifs is 1. The molecule has 0 saturated carbocycles. The van der Waals surface area contributed by atoms with E-state index in [0.29, 0.717) is 5.56 Å². The zero-order valence-electron chi connectivity index (χ0n) is 10.9. The third-order valence-electron chi connectivity index (χ3n) is 3.66. The van der Waals surface area contributed by atoms with Gasteiger partial charge in [-0.1, -0.05) is 12.1 Å². The predicted molar refractivity (Wildman–Crippen MR) is 67.5 cm³/mol. The summed E-state index contributed by atoms with van der Waals surface area (Å²) in [5.74, 6) is -3.25. The van der Waals surface area contributed by atoms with Crippen molar-refractivity contribution in [1.82, 2.24) is 10.2 Å². The molecule has 0 spiro atoms. The smallest absolute Gasteiger partial charge is 0.264 e. The van der Waals surface area contributed by atoms with Gasteiger partial charge in [-0.3, -0.25) is 29.4 Å². The topological polar surface area (TPSA) is 83.6 Å². The molecule has 0 aromatic heterocycles. The minimum Gasteiger partial charge on any atom is -0.295 e. The Bertz CT molecular complexity index is 686. The number of piperidine rings is 1. The van der Waals surface area contributed by atoms with Gasteiger partial charge in [0, 0.05) is 6.42 Å². The Morgan fingerprint density at radius 3 is 2.67 bits per heavy atom. The van der Waals surface area contributed by atoms with E-state index >= 15 is 0 Å². The van der Waals surface area contributed by atoms with E-state index in [2.05, 4.69) is 5.32 Å². The van der Waals surface area contributed by atoms with E-state index in [1.165, 1.54) is 12.1 Å². The fourth-order valence-corrected chi connectivity index (χ4v) is 2.68. The lowest BCUT2D eigenvalue weighted by Gasteiger charge is -2.34. The first-order valence-corrected chi connectivity index (χ1v) is 6.46. The number of benzene rings is 1. The van der Waals surface area contributed by atoms with Crippen molar-refractivity contribution in [3.8, 4) is 0 Å². The van der Waals surface area contributed by atoms with Gasteiger partial charge in [0.05, 0.1) is 12.0 Å². The van der Waals surface area contributed by atoms with Crippen LogP contribution in [0.3, 0.4) is 0 Å². The zero-order chi connectivity index (χ0) is 15.1. The van der Waals surface area contributed by atoms with Crippen LogP contribution in [0.5, 0.6) is 0 Å². The number of carbonyl (C=O) groups is 4. The molecule has 0 aliphatic carbocycles. The highest BCUT2D eigenvalue weighted by atomic mass is 19.1.